The number of sulfone groups is 1. The first kappa shape index (κ1) is 40.3. The van der Waals surface area contributed by atoms with Crippen LogP contribution in [0.5, 0.6) is 11.5 Å². The van der Waals surface area contributed by atoms with Crippen molar-refractivity contribution in [2.45, 2.75) is 44.4 Å². The Morgan fingerprint density at radius 1 is 0.911 bits per heavy atom. The quantitative estimate of drug-likeness (QED) is 0.149. The van der Waals surface area contributed by atoms with Gasteiger partial charge < -0.3 is 24.8 Å². The van der Waals surface area contributed by atoms with E-state index < -0.39 is 15.7 Å². The number of hydrogen-bond acceptors (Lipinski definition) is 10. The van der Waals surface area contributed by atoms with Crippen molar-refractivity contribution in [3.63, 3.8) is 0 Å². The lowest BCUT2D eigenvalue weighted by atomic mass is 9.86. The summed E-state index contributed by atoms with van der Waals surface area (Å²) in [6.45, 7) is 12.3. The molecule has 1 saturated heterocycles. The summed E-state index contributed by atoms with van der Waals surface area (Å²) in [5.74, 6) is 0.682. The Balaban J connectivity index is 1.20. The maximum atomic E-state index is 13.7. The number of benzene rings is 4. The second kappa shape index (κ2) is 16.8. The monoisotopic (exact) mass is 779 g/mol. The van der Waals surface area contributed by atoms with Gasteiger partial charge in [-0.1, -0.05) is 32.9 Å². The standard InChI is InChI=1S/C43H49N5O7S/c1-27-8-9-30(42(50)47-37-24-33(43(2,3)4)25-38(40(37)54-6)56(7,51)52)23-35(27)29-10-11-36-32(21-29)26-45-39(46-36)20-28-18-31(22-34(19-28)53-5)41(49)44-12-13-48-14-16-55-17-15-48/h8-11,18-19,21-26H,12-17,20H2,1-7H3,(H,44,49)(H,47,50). The summed E-state index contributed by atoms with van der Waals surface area (Å²) < 4.78 is 41.9. The predicted molar refractivity (Wildman–Crippen MR) is 218 cm³/mol. The fraction of sp³-hybridized carbons (Fsp3) is 0.349. The molecular weight excluding hydrogens is 731 g/mol. The lowest BCUT2D eigenvalue weighted by molar-refractivity contribution is 0.0383. The van der Waals surface area contributed by atoms with Gasteiger partial charge in [0.2, 0.25) is 0 Å². The molecule has 0 atom stereocenters. The molecule has 1 aliphatic heterocycles. The average molecular weight is 780 g/mol. The van der Waals surface area contributed by atoms with E-state index in [1.807, 2.05) is 70.2 Å². The molecule has 0 saturated carbocycles. The Morgan fingerprint density at radius 3 is 2.38 bits per heavy atom. The summed E-state index contributed by atoms with van der Waals surface area (Å²) in [6.07, 6.45) is 3.30. The second-order valence-electron chi connectivity index (χ2n) is 15.1. The van der Waals surface area contributed by atoms with Gasteiger partial charge in [0.1, 0.15) is 16.5 Å². The molecule has 2 amide bonds. The molecule has 2 heterocycles. The molecule has 0 aliphatic carbocycles. The Labute approximate surface area is 328 Å². The molecule has 0 unspecified atom stereocenters. The van der Waals surface area contributed by atoms with E-state index in [1.165, 1.54) is 7.11 Å². The predicted octanol–water partition coefficient (Wildman–Crippen LogP) is 6.23. The molecule has 1 fully saturated rings. The fourth-order valence-electron chi connectivity index (χ4n) is 6.66. The van der Waals surface area contributed by atoms with Crippen LogP contribution in [0.3, 0.4) is 0 Å². The number of aromatic nitrogens is 2. The summed E-state index contributed by atoms with van der Waals surface area (Å²) in [7, 11) is -0.698. The van der Waals surface area contributed by atoms with Crippen molar-refractivity contribution >= 4 is 38.2 Å². The minimum atomic E-state index is -3.66. The van der Waals surface area contributed by atoms with E-state index in [0.717, 1.165) is 64.6 Å². The van der Waals surface area contributed by atoms with Crippen LogP contribution in [-0.2, 0) is 26.4 Å². The van der Waals surface area contributed by atoms with Crippen molar-refractivity contribution in [3.8, 4) is 22.6 Å². The number of carbonyl (C=O) groups is 2. The molecule has 6 rings (SSSR count). The van der Waals surface area contributed by atoms with E-state index in [4.69, 9.17) is 19.2 Å². The first-order valence-corrected chi connectivity index (χ1v) is 20.4. The molecule has 2 N–H and O–H groups in total. The van der Waals surface area contributed by atoms with Gasteiger partial charge >= 0.3 is 0 Å². The summed E-state index contributed by atoms with van der Waals surface area (Å²) in [6, 6.07) is 20.1. The minimum absolute atomic E-state index is 0.0141. The number of morpholine rings is 1. The normalized spacial score (nSPS) is 13.7. The summed E-state index contributed by atoms with van der Waals surface area (Å²) in [5.41, 5.74) is 5.82. The molecule has 5 aromatic rings. The molecule has 0 spiro atoms. The van der Waals surface area contributed by atoms with Crippen LogP contribution in [0.4, 0.5) is 5.69 Å². The van der Waals surface area contributed by atoms with Gasteiger partial charge in [-0.05, 0) is 94.8 Å². The first-order valence-electron chi connectivity index (χ1n) is 18.5. The highest BCUT2D eigenvalue weighted by molar-refractivity contribution is 7.90. The molecule has 12 nitrogen and oxygen atoms in total. The number of hydrogen-bond donors (Lipinski definition) is 2. The van der Waals surface area contributed by atoms with Gasteiger partial charge in [0.15, 0.2) is 15.6 Å². The van der Waals surface area contributed by atoms with Gasteiger partial charge in [0.25, 0.3) is 11.8 Å². The van der Waals surface area contributed by atoms with Crippen molar-refractivity contribution in [1.29, 1.82) is 0 Å². The molecule has 1 aliphatic rings. The topological polar surface area (TPSA) is 149 Å². The number of methoxy groups -OCH3 is 2. The van der Waals surface area contributed by atoms with Crippen LogP contribution < -0.4 is 20.1 Å². The number of rotatable bonds is 12. The third-order valence-electron chi connectivity index (χ3n) is 9.86. The third-order valence-corrected chi connectivity index (χ3v) is 11.0. The highest BCUT2D eigenvalue weighted by Crippen LogP contribution is 2.38. The zero-order valence-corrected chi connectivity index (χ0v) is 33.8. The number of aryl methyl sites for hydroxylation is 1. The Hall–Kier alpha value is -5.37. The molecule has 0 radical (unpaired) electrons. The van der Waals surface area contributed by atoms with Crippen molar-refractivity contribution < 1.29 is 32.2 Å². The van der Waals surface area contributed by atoms with Crippen LogP contribution in [0.15, 0.2) is 77.8 Å². The molecule has 0 bridgehead atoms. The van der Waals surface area contributed by atoms with E-state index in [-0.39, 0.29) is 27.7 Å². The lowest BCUT2D eigenvalue weighted by Gasteiger charge is -2.26. The van der Waals surface area contributed by atoms with E-state index in [9.17, 15) is 18.0 Å². The summed E-state index contributed by atoms with van der Waals surface area (Å²) in [4.78, 5) is 38.6. The number of nitrogens with zero attached hydrogens (tertiary/aromatic N) is 3. The van der Waals surface area contributed by atoms with Gasteiger partial charge in [-0.2, -0.15) is 0 Å². The maximum absolute atomic E-state index is 13.7. The van der Waals surface area contributed by atoms with Crippen LogP contribution in [-0.4, -0.2) is 95.0 Å². The zero-order chi connectivity index (χ0) is 40.2. The van der Waals surface area contributed by atoms with Crippen LogP contribution >= 0.6 is 0 Å². The number of ether oxygens (including phenoxy) is 3. The molecular formula is C43H49N5O7S. The molecule has 4 aromatic carbocycles. The number of nitrogens with one attached hydrogen (secondary N) is 2. The fourth-order valence-corrected chi connectivity index (χ4v) is 7.53. The Kier molecular flexibility index (Phi) is 12.1. The van der Waals surface area contributed by atoms with Gasteiger partial charge in [0, 0.05) is 61.6 Å². The molecule has 56 heavy (non-hydrogen) atoms. The van der Waals surface area contributed by atoms with Gasteiger partial charge in [-0.3, -0.25) is 14.5 Å². The van der Waals surface area contributed by atoms with Gasteiger partial charge in [-0.25, -0.2) is 18.4 Å². The van der Waals surface area contributed by atoms with Crippen LogP contribution in [0.2, 0.25) is 0 Å². The largest absolute Gasteiger partial charge is 0.497 e. The second-order valence-corrected chi connectivity index (χ2v) is 17.1. The average Bonchev–Trinajstić information content (AvgIpc) is 3.17. The van der Waals surface area contributed by atoms with Crippen molar-refractivity contribution in [2.24, 2.45) is 0 Å². The molecule has 294 valence electrons. The van der Waals surface area contributed by atoms with Crippen molar-refractivity contribution in [3.05, 3.63) is 107 Å². The Morgan fingerprint density at radius 2 is 1.68 bits per heavy atom. The molecule has 1 aromatic heterocycles. The Bertz CT molecular complexity index is 2390. The maximum Gasteiger partial charge on any atom is 0.255 e. The van der Waals surface area contributed by atoms with Crippen LogP contribution in [0, 0.1) is 6.92 Å². The van der Waals surface area contributed by atoms with Crippen LogP contribution in [0.1, 0.15) is 64.0 Å². The number of amides is 2. The van der Waals surface area contributed by atoms with E-state index >= 15 is 0 Å². The first-order chi connectivity index (χ1) is 26.6. The SMILES string of the molecule is COc1cc(Cc2ncc3cc(-c4cc(C(=O)Nc5cc(C(C)(C)C)cc(S(C)(=O)=O)c5OC)ccc4C)ccc3n2)cc(C(=O)NCCN2CCOCC2)c1. The van der Waals surface area contributed by atoms with Gasteiger partial charge in [0.05, 0.1) is 38.6 Å². The van der Waals surface area contributed by atoms with E-state index in [0.29, 0.717) is 48.9 Å². The van der Waals surface area contributed by atoms with Crippen molar-refractivity contribution in [1.82, 2.24) is 20.2 Å². The number of carbonyl (C=O) groups excluding carboxylic acids is 2. The lowest BCUT2D eigenvalue weighted by Crippen LogP contribution is -2.41. The highest BCUT2D eigenvalue weighted by atomic mass is 32.2. The number of fused-ring (bicyclic) bond motifs is 1. The van der Waals surface area contributed by atoms with E-state index in [2.05, 4.69) is 20.5 Å². The minimum Gasteiger partial charge on any atom is -0.497 e. The number of anilines is 1. The highest BCUT2D eigenvalue weighted by Gasteiger charge is 2.25. The smallest absolute Gasteiger partial charge is 0.255 e. The molecule has 13 heteroatoms. The van der Waals surface area contributed by atoms with E-state index in [1.54, 1.807) is 37.6 Å². The van der Waals surface area contributed by atoms with Crippen molar-refractivity contribution in [2.75, 3.05) is 65.2 Å². The van der Waals surface area contributed by atoms with Gasteiger partial charge in [-0.15, -0.1) is 0 Å². The van der Waals surface area contributed by atoms with Crippen LogP contribution in [0.25, 0.3) is 22.0 Å². The summed E-state index contributed by atoms with van der Waals surface area (Å²) in [5, 5.41) is 6.75. The third kappa shape index (κ3) is 9.52. The zero-order valence-electron chi connectivity index (χ0n) is 33.0. The summed E-state index contributed by atoms with van der Waals surface area (Å²) >= 11 is 0.